The van der Waals surface area contributed by atoms with Crippen LogP contribution in [0.25, 0.3) is 0 Å². The van der Waals surface area contributed by atoms with Crippen LogP contribution in [0.3, 0.4) is 0 Å². The van der Waals surface area contributed by atoms with Gasteiger partial charge in [-0.25, -0.2) is 4.98 Å². The van der Waals surface area contributed by atoms with E-state index in [4.69, 9.17) is 0 Å². The van der Waals surface area contributed by atoms with E-state index < -0.39 is 0 Å². The number of anilines is 5. The van der Waals surface area contributed by atoms with Crippen LogP contribution in [-0.2, 0) is 0 Å². The van der Waals surface area contributed by atoms with E-state index in [2.05, 4.69) is 68.8 Å². The van der Waals surface area contributed by atoms with Crippen molar-refractivity contribution >= 4 is 28.8 Å². The summed E-state index contributed by atoms with van der Waals surface area (Å²) in [7, 11) is 0. The first-order chi connectivity index (χ1) is 13.3. The van der Waals surface area contributed by atoms with Gasteiger partial charge in [0.1, 0.15) is 5.82 Å². The molecule has 0 radical (unpaired) electrons. The van der Waals surface area contributed by atoms with E-state index >= 15 is 0 Å². The molecule has 1 fully saturated rings. The molecule has 3 aromatic rings. The summed E-state index contributed by atoms with van der Waals surface area (Å²) >= 11 is 0. The molecular weight excluding hydrogens is 334 g/mol. The molecule has 1 aliphatic heterocycles. The number of hydrogen-bond donors (Lipinski definition) is 2. The number of aromatic nitrogens is 2. The highest BCUT2D eigenvalue weighted by molar-refractivity contribution is 5.62. The van der Waals surface area contributed by atoms with E-state index in [9.17, 15) is 0 Å². The molecular formula is C22H25N5. The van der Waals surface area contributed by atoms with Crippen molar-refractivity contribution in [1.82, 2.24) is 9.97 Å². The van der Waals surface area contributed by atoms with Crippen molar-refractivity contribution in [2.24, 2.45) is 0 Å². The zero-order chi connectivity index (χ0) is 18.5. The zero-order valence-electron chi connectivity index (χ0n) is 15.7. The average molecular weight is 359 g/mol. The van der Waals surface area contributed by atoms with Crippen LogP contribution in [0.2, 0.25) is 0 Å². The molecule has 27 heavy (non-hydrogen) atoms. The van der Waals surface area contributed by atoms with Crippen LogP contribution in [0.4, 0.5) is 28.8 Å². The number of hydrogen-bond acceptors (Lipinski definition) is 5. The molecule has 2 N–H and O–H groups in total. The van der Waals surface area contributed by atoms with Gasteiger partial charge < -0.3 is 15.5 Å². The van der Waals surface area contributed by atoms with Crippen molar-refractivity contribution in [3.63, 3.8) is 0 Å². The predicted octanol–water partition coefficient (Wildman–Crippen LogP) is 5.26. The Bertz CT molecular complexity index is 868. The van der Waals surface area contributed by atoms with Crippen molar-refractivity contribution in [2.75, 3.05) is 28.6 Å². The molecule has 2 aromatic carbocycles. The quantitative estimate of drug-likeness (QED) is 0.650. The molecule has 0 amide bonds. The van der Waals surface area contributed by atoms with Crippen LogP contribution < -0.4 is 15.5 Å². The lowest BCUT2D eigenvalue weighted by atomic mass is 10.1. The summed E-state index contributed by atoms with van der Waals surface area (Å²) in [5.41, 5.74) is 4.52. The highest BCUT2D eigenvalue weighted by atomic mass is 15.1. The van der Waals surface area contributed by atoms with Gasteiger partial charge in [0.25, 0.3) is 0 Å². The molecule has 5 heteroatoms. The first-order valence-electron chi connectivity index (χ1n) is 9.55. The third-order valence-corrected chi connectivity index (χ3v) is 4.82. The van der Waals surface area contributed by atoms with Gasteiger partial charge in [0, 0.05) is 36.3 Å². The number of piperidine rings is 1. The summed E-state index contributed by atoms with van der Waals surface area (Å²) in [5, 5.41) is 6.60. The first kappa shape index (κ1) is 17.3. The SMILES string of the molecule is Cc1ccc(Nc2ccnc(Nc3ccc(N4CCCCC4)cc3)n2)cc1. The van der Waals surface area contributed by atoms with Gasteiger partial charge in [0.2, 0.25) is 5.95 Å². The molecule has 0 bridgehead atoms. The number of nitrogens with one attached hydrogen (secondary N) is 2. The number of rotatable bonds is 5. The summed E-state index contributed by atoms with van der Waals surface area (Å²) < 4.78 is 0. The maximum atomic E-state index is 4.55. The molecule has 0 saturated carbocycles. The fourth-order valence-electron chi connectivity index (χ4n) is 3.31. The van der Waals surface area contributed by atoms with Gasteiger partial charge in [-0.15, -0.1) is 0 Å². The van der Waals surface area contributed by atoms with Gasteiger partial charge in [0.05, 0.1) is 0 Å². The maximum absolute atomic E-state index is 4.55. The Hall–Kier alpha value is -3.08. The summed E-state index contributed by atoms with van der Waals surface area (Å²) in [6, 6.07) is 18.6. The Morgan fingerprint density at radius 3 is 2.19 bits per heavy atom. The third kappa shape index (κ3) is 4.56. The Balaban J connectivity index is 1.42. The number of nitrogens with zero attached hydrogens (tertiary/aromatic N) is 3. The molecule has 0 aliphatic carbocycles. The van der Waals surface area contributed by atoms with E-state index in [1.807, 2.05) is 18.2 Å². The van der Waals surface area contributed by atoms with Crippen molar-refractivity contribution < 1.29 is 0 Å². The molecule has 0 spiro atoms. The molecule has 0 unspecified atom stereocenters. The van der Waals surface area contributed by atoms with E-state index in [0.29, 0.717) is 5.95 Å². The molecule has 5 nitrogen and oxygen atoms in total. The third-order valence-electron chi connectivity index (χ3n) is 4.82. The minimum atomic E-state index is 0.581. The van der Waals surface area contributed by atoms with Gasteiger partial charge in [-0.05, 0) is 68.7 Å². The summed E-state index contributed by atoms with van der Waals surface area (Å²) in [4.78, 5) is 11.3. The lowest BCUT2D eigenvalue weighted by Gasteiger charge is -2.28. The molecule has 1 aliphatic rings. The first-order valence-corrected chi connectivity index (χ1v) is 9.55. The molecule has 1 aromatic heterocycles. The zero-order valence-corrected chi connectivity index (χ0v) is 15.7. The number of aryl methyl sites for hydroxylation is 1. The summed E-state index contributed by atoms with van der Waals surface area (Å²) in [6.07, 6.45) is 5.68. The van der Waals surface area contributed by atoms with Crippen molar-refractivity contribution in [1.29, 1.82) is 0 Å². The molecule has 4 rings (SSSR count). The Morgan fingerprint density at radius 1 is 0.778 bits per heavy atom. The van der Waals surface area contributed by atoms with E-state index in [1.165, 1.54) is 30.5 Å². The predicted molar refractivity (Wildman–Crippen MR) is 112 cm³/mol. The second-order valence-corrected chi connectivity index (χ2v) is 6.98. The highest BCUT2D eigenvalue weighted by Gasteiger charge is 2.10. The minimum absolute atomic E-state index is 0.581. The lowest BCUT2D eigenvalue weighted by Crippen LogP contribution is -2.29. The Labute approximate surface area is 160 Å². The standard InChI is InChI=1S/C22H25N5/c1-17-5-7-18(8-6-17)24-21-13-14-23-22(26-21)25-19-9-11-20(12-10-19)27-15-3-2-4-16-27/h5-14H,2-4,15-16H2,1H3,(H2,23,24,25,26). The van der Waals surface area contributed by atoms with Crippen LogP contribution in [-0.4, -0.2) is 23.1 Å². The van der Waals surface area contributed by atoms with Crippen LogP contribution >= 0.6 is 0 Å². The van der Waals surface area contributed by atoms with Crippen LogP contribution in [0.15, 0.2) is 60.8 Å². The molecule has 138 valence electrons. The largest absolute Gasteiger partial charge is 0.372 e. The van der Waals surface area contributed by atoms with Crippen molar-refractivity contribution in [3.05, 3.63) is 66.4 Å². The molecule has 0 atom stereocenters. The lowest BCUT2D eigenvalue weighted by molar-refractivity contribution is 0.578. The fraction of sp³-hybridized carbons (Fsp3) is 0.273. The van der Waals surface area contributed by atoms with E-state index in [1.54, 1.807) is 6.20 Å². The van der Waals surface area contributed by atoms with Gasteiger partial charge in [-0.3, -0.25) is 0 Å². The Kier molecular flexibility index (Phi) is 5.19. The van der Waals surface area contributed by atoms with Crippen molar-refractivity contribution in [3.8, 4) is 0 Å². The maximum Gasteiger partial charge on any atom is 0.229 e. The average Bonchev–Trinajstić information content (AvgIpc) is 2.71. The van der Waals surface area contributed by atoms with E-state index in [0.717, 1.165) is 30.3 Å². The van der Waals surface area contributed by atoms with E-state index in [-0.39, 0.29) is 0 Å². The monoisotopic (exact) mass is 359 g/mol. The minimum Gasteiger partial charge on any atom is -0.372 e. The Morgan fingerprint density at radius 2 is 1.44 bits per heavy atom. The summed E-state index contributed by atoms with van der Waals surface area (Å²) in [6.45, 7) is 4.39. The smallest absolute Gasteiger partial charge is 0.229 e. The van der Waals surface area contributed by atoms with Gasteiger partial charge >= 0.3 is 0 Å². The van der Waals surface area contributed by atoms with Crippen LogP contribution in [0.1, 0.15) is 24.8 Å². The summed E-state index contributed by atoms with van der Waals surface area (Å²) in [5.74, 6) is 1.35. The second kappa shape index (κ2) is 8.08. The van der Waals surface area contributed by atoms with Crippen LogP contribution in [0, 0.1) is 6.92 Å². The second-order valence-electron chi connectivity index (χ2n) is 6.98. The van der Waals surface area contributed by atoms with Crippen molar-refractivity contribution in [2.45, 2.75) is 26.2 Å². The van der Waals surface area contributed by atoms with Gasteiger partial charge in [-0.2, -0.15) is 4.98 Å². The topological polar surface area (TPSA) is 53.1 Å². The molecule has 2 heterocycles. The molecule has 1 saturated heterocycles. The van der Waals surface area contributed by atoms with Crippen LogP contribution in [0.5, 0.6) is 0 Å². The van der Waals surface area contributed by atoms with Gasteiger partial charge in [-0.1, -0.05) is 17.7 Å². The fourth-order valence-corrected chi connectivity index (χ4v) is 3.31. The normalized spacial score (nSPS) is 14.0. The highest BCUT2D eigenvalue weighted by Crippen LogP contribution is 2.23. The number of benzene rings is 2. The van der Waals surface area contributed by atoms with Gasteiger partial charge in [0.15, 0.2) is 0 Å².